The summed E-state index contributed by atoms with van der Waals surface area (Å²) in [5, 5.41) is 3.71. The first kappa shape index (κ1) is 22.7. The molecule has 158 valence electrons. The van der Waals surface area contributed by atoms with E-state index in [4.69, 9.17) is 4.74 Å². The van der Waals surface area contributed by atoms with E-state index < -0.39 is 11.3 Å². The molecule has 1 atom stereocenters. The van der Waals surface area contributed by atoms with Gasteiger partial charge in [0.05, 0.1) is 0 Å². The second kappa shape index (κ2) is 8.02. The fourth-order valence-electron chi connectivity index (χ4n) is 5.81. The average molecular weight is 381 g/mol. The molecule has 2 aliphatic heterocycles. The van der Waals surface area contributed by atoms with Crippen molar-refractivity contribution < 1.29 is 9.53 Å². The third kappa shape index (κ3) is 4.87. The van der Waals surface area contributed by atoms with E-state index in [1.165, 1.54) is 19.3 Å². The number of nitrogens with zero attached hydrogens (tertiary/aromatic N) is 1. The third-order valence-electron chi connectivity index (χ3n) is 6.16. The first-order chi connectivity index (χ1) is 12.4. The van der Waals surface area contributed by atoms with Gasteiger partial charge in [-0.25, -0.2) is 0 Å². The minimum Gasteiger partial charge on any atom is -0.339 e. The van der Waals surface area contributed by atoms with E-state index in [1.807, 2.05) is 0 Å². The summed E-state index contributed by atoms with van der Waals surface area (Å²) >= 11 is 0. The monoisotopic (exact) mass is 380 g/mol. The summed E-state index contributed by atoms with van der Waals surface area (Å²) in [6.07, 6.45) is 7.98. The van der Waals surface area contributed by atoms with Crippen LogP contribution in [-0.2, 0) is 9.53 Å². The summed E-state index contributed by atoms with van der Waals surface area (Å²) in [5.41, 5.74) is -1.37. The van der Waals surface area contributed by atoms with Gasteiger partial charge in [0, 0.05) is 30.5 Å². The van der Waals surface area contributed by atoms with Crippen molar-refractivity contribution in [3.63, 3.8) is 0 Å². The average Bonchev–Trinajstić information content (AvgIpc) is 2.69. The Morgan fingerprint density at radius 3 is 2.11 bits per heavy atom. The van der Waals surface area contributed by atoms with Crippen LogP contribution in [-0.4, -0.2) is 39.8 Å². The van der Waals surface area contributed by atoms with Crippen LogP contribution < -0.4 is 5.32 Å². The normalized spacial score (nSPS) is 29.1. The molecule has 27 heavy (non-hydrogen) atoms. The minimum absolute atomic E-state index is 0.118. The quantitative estimate of drug-likeness (QED) is 0.584. The van der Waals surface area contributed by atoms with Gasteiger partial charge < -0.3 is 15.0 Å². The summed E-state index contributed by atoms with van der Waals surface area (Å²) in [7, 11) is 0. The minimum atomic E-state index is -0.687. The second-order valence-electron chi connectivity index (χ2n) is 10.8. The van der Waals surface area contributed by atoms with Gasteiger partial charge in [-0.05, 0) is 52.9 Å². The molecule has 0 aromatic rings. The van der Waals surface area contributed by atoms with Crippen LogP contribution in [0.15, 0.2) is 0 Å². The van der Waals surface area contributed by atoms with E-state index in [0.717, 1.165) is 38.6 Å². The molecule has 0 aliphatic carbocycles. The van der Waals surface area contributed by atoms with Gasteiger partial charge in [0.15, 0.2) is 5.60 Å². The Hall–Kier alpha value is -0.610. The molecule has 0 aromatic heterocycles. The first-order valence-corrected chi connectivity index (χ1v) is 11.2. The topological polar surface area (TPSA) is 41.6 Å². The molecule has 2 aliphatic rings. The molecule has 2 saturated heterocycles. The van der Waals surface area contributed by atoms with Crippen LogP contribution >= 0.6 is 0 Å². The van der Waals surface area contributed by atoms with Gasteiger partial charge in [0.1, 0.15) is 5.72 Å². The predicted octanol–water partition coefficient (Wildman–Crippen LogP) is 5.26. The number of hydrogen-bond acceptors (Lipinski definition) is 3. The van der Waals surface area contributed by atoms with Gasteiger partial charge in [-0.15, -0.1) is 0 Å². The van der Waals surface area contributed by atoms with Crippen LogP contribution in [0, 0.1) is 5.92 Å². The summed E-state index contributed by atoms with van der Waals surface area (Å²) in [4.78, 5) is 16.0. The Labute approximate surface area is 167 Å². The van der Waals surface area contributed by atoms with Gasteiger partial charge in [0.2, 0.25) is 0 Å². The van der Waals surface area contributed by atoms with Gasteiger partial charge in [-0.3, -0.25) is 4.79 Å². The SMILES string of the molecule is CCCCCCN1C(=O)C2(CC(C)(C)NC(C)(C)C2)OC1(CC)CC(C)C. The van der Waals surface area contributed by atoms with Gasteiger partial charge in [-0.2, -0.15) is 0 Å². The van der Waals surface area contributed by atoms with Crippen LogP contribution in [0.2, 0.25) is 0 Å². The Balaban J connectivity index is 2.37. The number of carbonyl (C=O) groups is 1. The van der Waals surface area contributed by atoms with Crippen molar-refractivity contribution in [3.8, 4) is 0 Å². The van der Waals surface area contributed by atoms with E-state index in [0.29, 0.717) is 5.92 Å². The molecule has 1 N–H and O–H groups in total. The van der Waals surface area contributed by atoms with E-state index in [9.17, 15) is 4.79 Å². The molecular formula is C23H44N2O2. The molecule has 1 spiro atoms. The number of ether oxygens (including phenoxy) is 1. The van der Waals surface area contributed by atoms with Crippen LogP contribution in [0.5, 0.6) is 0 Å². The maximum Gasteiger partial charge on any atom is 0.257 e. The van der Waals surface area contributed by atoms with Crippen LogP contribution in [0.3, 0.4) is 0 Å². The van der Waals surface area contributed by atoms with Crippen LogP contribution in [0.4, 0.5) is 0 Å². The highest BCUT2D eigenvalue weighted by Crippen LogP contribution is 2.50. The van der Waals surface area contributed by atoms with Crippen molar-refractivity contribution in [2.75, 3.05) is 6.54 Å². The molecule has 1 unspecified atom stereocenters. The molecule has 0 radical (unpaired) electrons. The summed E-state index contributed by atoms with van der Waals surface area (Å²) in [5.74, 6) is 0.734. The molecule has 2 fully saturated rings. The lowest BCUT2D eigenvalue weighted by Crippen LogP contribution is -2.65. The molecular weight excluding hydrogens is 336 g/mol. The lowest BCUT2D eigenvalue weighted by molar-refractivity contribution is -0.177. The Kier molecular flexibility index (Phi) is 6.74. The Morgan fingerprint density at radius 2 is 1.63 bits per heavy atom. The van der Waals surface area contributed by atoms with E-state index >= 15 is 0 Å². The molecule has 2 rings (SSSR count). The van der Waals surface area contributed by atoms with E-state index in [2.05, 4.69) is 65.6 Å². The molecule has 1 amide bonds. The number of nitrogens with one attached hydrogen (secondary N) is 1. The molecule has 4 nitrogen and oxygen atoms in total. The van der Waals surface area contributed by atoms with Crippen LogP contribution in [0.1, 0.15) is 107 Å². The smallest absolute Gasteiger partial charge is 0.257 e. The maximum absolute atomic E-state index is 13.9. The van der Waals surface area contributed by atoms with Crippen molar-refractivity contribution in [2.45, 2.75) is 129 Å². The third-order valence-corrected chi connectivity index (χ3v) is 6.16. The van der Waals surface area contributed by atoms with Crippen molar-refractivity contribution >= 4 is 5.91 Å². The lowest BCUT2D eigenvalue weighted by Gasteiger charge is -2.50. The second-order valence-corrected chi connectivity index (χ2v) is 10.8. The molecule has 0 aromatic carbocycles. The molecule has 0 bridgehead atoms. The highest BCUT2D eigenvalue weighted by atomic mass is 16.6. The van der Waals surface area contributed by atoms with Crippen molar-refractivity contribution in [1.29, 1.82) is 0 Å². The summed E-state index contributed by atoms with van der Waals surface area (Å²) in [6.45, 7) is 18.5. The zero-order valence-corrected chi connectivity index (χ0v) is 19.2. The van der Waals surface area contributed by atoms with Crippen LogP contribution in [0.25, 0.3) is 0 Å². The number of unbranched alkanes of at least 4 members (excludes halogenated alkanes) is 3. The fraction of sp³-hybridized carbons (Fsp3) is 0.957. The van der Waals surface area contributed by atoms with Crippen molar-refractivity contribution in [1.82, 2.24) is 10.2 Å². The Morgan fingerprint density at radius 1 is 1.04 bits per heavy atom. The molecule has 4 heteroatoms. The number of hydrogen-bond donors (Lipinski definition) is 1. The zero-order chi connectivity index (χ0) is 20.5. The first-order valence-electron chi connectivity index (χ1n) is 11.2. The number of carbonyl (C=O) groups excluding carboxylic acids is 1. The zero-order valence-electron chi connectivity index (χ0n) is 19.2. The maximum atomic E-state index is 13.9. The largest absolute Gasteiger partial charge is 0.339 e. The predicted molar refractivity (Wildman–Crippen MR) is 113 cm³/mol. The van der Waals surface area contributed by atoms with Crippen molar-refractivity contribution in [2.24, 2.45) is 5.92 Å². The number of rotatable bonds is 8. The highest BCUT2D eigenvalue weighted by molar-refractivity contribution is 5.88. The summed E-state index contributed by atoms with van der Waals surface area (Å²) < 4.78 is 6.93. The van der Waals surface area contributed by atoms with Gasteiger partial charge in [-0.1, -0.05) is 47.0 Å². The van der Waals surface area contributed by atoms with Gasteiger partial charge >= 0.3 is 0 Å². The summed E-state index contributed by atoms with van der Waals surface area (Å²) in [6, 6.07) is 0. The van der Waals surface area contributed by atoms with E-state index in [1.54, 1.807) is 0 Å². The van der Waals surface area contributed by atoms with E-state index in [-0.39, 0.29) is 17.0 Å². The fourth-order valence-corrected chi connectivity index (χ4v) is 5.81. The molecule has 0 saturated carbocycles. The highest BCUT2D eigenvalue weighted by Gasteiger charge is 2.63. The lowest BCUT2D eigenvalue weighted by atomic mass is 9.72. The number of piperidine rings is 1. The van der Waals surface area contributed by atoms with Gasteiger partial charge in [0.25, 0.3) is 5.91 Å². The number of amides is 1. The molecule has 2 heterocycles. The Bertz CT molecular complexity index is 510. The van der Waals surface area contributed by atoms with Crippen molar-refractivity contribution in [3.05, 3.63) is 0 Å². The standard InChI is InChI=1S/C23H44N2O2/c1-9-11-12-13-14-25-19(26)22(27-23(25,10-2)15-18(3)4)16-20(5,6)24-21(7,8)17-22/h18,24H,9-17H2,1-8H3.